The standard InChI is InChI=1S/C10H23O7PS/c1-9(2)16-18(11,17-10(3)4)8-14-6-7-15-19(5,12)13/h9-10H,6-8H2,1-5H3. The van der Waals surface area contributed by atoms with Crippen molar-refractivity contribution >= 4 is 17.7 Å². The number of hydrogen-bond acceptors (Lipinski definition) is 7. The number of hydrogen-bond donors (Lipinski definition) is 0. The van der Waals surface area contributed by atoms with Gasteiger partial charge in [-0.2, -0.15) is 8.42 Å². The highest BCUT2D eigenvalue weighted by Crippen LogP contribution is 2.50. The van der Waals surface area contributed by atoms with E-state index < -0.39 is 17.7 Å². The second-order valence-electron chi connectivity index (χ2n) is 4.48. The lowest BCUT2D eigenvalue weighted by atomic mass is 10.5. The molecule has 0 aromatic heterocycles. The molecular formula is C10H23O7PS. The molecule has 0 saturated heterocycles. The van der Waals surface area contributed by atoms with Gasteiger partial charge in [0, 0.05) is 0 Å². The lowest BCUT2D eigenvalue weighted by Gasteiger charge is -2.22. The first-order valence-electron chi connectivity index (χ1n) is 5.92. The smallest absolute Gasteiger partial charge is 0.356 e. The monoisotopic (exact) mass is 318 g/mol. The van der Waals surface area contributed by atoms with Crippen LogP contribution in [0.4, 0.5) is 0 Å². The first-order valence-corrected chi connectivity index (χ1v) is 9.46. The Bertz CT molecular complexity index is 377. The summed E-state index contributed by atoms with van der Waals surface area (Å²) in [5.74, 6) is 0. The fourth-order valence-electron chi connectivity index (χ4n) is 1.15. The normalized spacial score (nSPS) is 13.4. The van der Waals surface area contributed by atoms with Crippen LogP contribution in [-0.4, -0.2) is 46.4 Å². The Kier molecular flexibility index (Phi) is 8.35. The number of ether oxygens (including phenoxy) is 1. The van der Waals surface area contributed by atoms with Crippen LogP contribution in [-0.2, 0) is 32.7 Å². The molecule has 0 aromatic rings. The van der Waals surface area contributed by atoms with Crippen LogP contribution < -0.4 is 0 Å². The summed E-state index contributed by atoms with van der Waals surface area (Å²) in [6.45, 7) is 6.81. The zero-order valence-corrected chi connectivity index (χ0v) is 13.7. The van der Waals surface area contributed by atoms with Gasteiger partial charge in [0.15, 0.2) is 0 Å². The predicted molar refractivity (Wildman–Crippen MR) is 71.7 cm³/mol. The lowest BCUT2D eigenvalue weighted by Crippen LogP contribution is -2.14. The second kappa shape index (κ2) is 8.34. The molecule has 0 aromatic carbocycles. The molecule has 0 N–H and O–H groups in total. The van der Waals surface area contributed by atoms with Crippen molar-refractivity contribution in [2.45, 2.75) is 39.9 Å². The minimum absolute atomic E-state index is 0.0139. The van der Waals surface area contributed by atoms with Crippen LogP contribution in [0.2, 0.25) is 0 Å². The topological polar surface area (TPSA) is 88.1 Å². The summed E-state index contributed by atoms with van der Waals surface area (Å²) in [7, 11) is -6.83. The van der Waals surface area contributed by atoms with E-state index in [1.54, 1.807) is 27.7 Å². The van der Waals surface area contributed by atoms with Gasteiger partial charge >= 0.3 is 7.60 Å². The third kappa shape index (κ3) is 11.5. The highest BCUT2D eigenvalue weighted by molar-refractivity contribution is 7.85. The molecule has 0 bridgehead atoms. The molecule has 7 nitrogen and oxygen atoms in total. The summed E-state index contributed by atoms with van der Waals surface area (Å²) in [4.78, 5) is 0. The SMILES string of the molecule is CC(C)OP(=O)(COCCOS(C)(=O)=O)OC(C)C. The van der Waals surface area contributed by atoms with Crippen molar-refractivity contribution in [1.82, 2.24) is 0 Å². The van der Waals surface area contributed by atoms with Gasteiger partial charge < -0.3 is 13.8 Å². The summed E-state index contributed by atoms with van der Waals surface area (Å²) in [5.41, 5.74) is 0. The molecule has 0 radical (unpaired) electrons. The van der Waals surface area contributed by atoms with Gasteiger partial charge in [-0.05, 0) is 27.7 Å². The van der Waals surface area contributed by atoms with Crippen LogP contribution in [0.5, 0.6) is 0 Å². The van der Waals surface area contributed by atoms with Gasteiger partial charge in [-0.3, -0.25) is 8.75 Å². The van der Waals surface area contributed by atoms with Gasteiger partial charge in [0.1, 0.15) is 6.35 Å². The summed E-state index contributed by atoms with van der Waals surface area (Å²) in [6, 6.07) is 0. The molecule has 0 saturated carbocycles. The first-order chi connectivity index (χ1) is 8.54. The van der Waals surface area contributed by atoms with Crippen molar-refractivity contribution in [1.29, 1.82) is 0 Å². The van der Waals surface area contributed by atoms with E-state index >= 15 is 0 Å². The van der Waals surface area contributed by atoms with Gasteiger partial charge in [0.2, 0.25) is 0 Å². The first kappa shape index (κ1) is 19.0. The maximum atomic E-state index is 12.3. The lowest BCUT2D eigenvalue weighted by molar-refractivity contribution is 0.0865. The van der Waals surface area contributed by atoms with Gasteiger partial charge in [0.25, 0.3) is 10.1 Å². The maximum absolute atomic E-state index is 12.3. The van der Waals surface area contributed by atoms with Crippen molar-refractivity contribution in [2.24, 2.45) is 0 Å². The van der Waals surface area contributed by atoms with E-state index in [9.17, 15) is 13.0 Å². The quantitative estimate of drug-likeness (QED) is 0.346. The average Bonchev–Trinajstić information content (AvgIpc) is 2.11. The van der Waals surface area contributed by atoms with E-state index in [1.807, 2.05) is 0 Å². The van der Waals surface area contributed by atoms with Gasteiger partial charge in [-0.1, -0.05) is 0 Å². The zero-order valence-electron chi connectivity index (χ0n) is 12.0. The predicted octanol–water partition coefficient (Wildman–Crippen LogP) is 1.98. The van der Waals surface area contributed by atoms with Crippen LogP contribution in [0.25, 0.3) is 0 Å². The van der Waals surface area contributed by atoms with Crippen molar-refractivity contribution in [2.75, 3.05) is 25.8 Å². The molecule has 0 aliphatic rings. The largest absolute Gasteiger partial charge is 0.366 e. The highest BCUT2D eigenvalue weighted by Gasteiger charge is 2.28. The van der Waals surface area contributed by atoms with E-state index in [-0.39, 0.29) is 31.8 Å². The zero-order chi connectivity index (χ0) is 15.1. The Labute approximate surface area is 115 Å². The molecule has 0 aliphatic carbocycles. The third-order valence-corrected chi connectivity index (χ3v) is 4.10. The summed E-state index contributed by atoms with van der Waals surface area (Å²) < 4.78 is 53.7. The van der Waals surface area contributed by atoms with E-state index in [2.05, 4.69) is 4.18 Å². The Morgan fingerprint density at radius 3 is 1.84 bits per heavy atom. The number of rotatable bonds is 10. The van der Waals surface area contributed by atoms with Gasteiger partial charge in [-0.15, -0.1) is 0 Å². The van der Waals surface area contributed by atoms with Crippen molar-refractivity contribution in [3.63, 3.8) is 0 Å². The molecule has 0 spiro atoms. The Morgan fingerprint density at radius 2 is 1.47 bits per heavy atom. The van der Waals surface area contributed by atoms with Crippen molar-refractivity contribution in [3.05, 3.63) is 0 Å². The van der Waals surface area contributed by atoms with E-state index in [0.717, 1.165) is 6.26 Å². The molecular weight excluding hydrogens is 295 g/mol. The second-order valence-corrected chi connectivity index (χ2v) is 8.03. The molecule has 0 rings (SSSR count). The fourth-order valence-corrected chi connectivity index (χ4v) is 3.33. The Hall–Kier alpha value is 0.0200. The molecule has 19 heavy (non-hydrogen) atoms. The van der Waals surface area contributed by atoms with Crippen LogP contribution in [0.1, 0.15) is 27.7 Å². The van der Waals surface area contributed by atoms with Crippen LogP contribution in [0.3, 0.4) is 0 Å². The van der Waals surface area contributed by atoms with Gasteiger partial charge in [-0.25, -0.2) is 0 Å². The Balaban J connectivity index is 4.17. The van der Waals surface area contributed by atoms with Crippen molar-refractivity contribution < 1.29 is 31.0 Å². The molecule has 0 amide bonds. The summed E-state index contributed by atoms with van der Waals surface area (Å²) in [6.07, 6.45) is 0.180. The maximum Gasteiger partial charge on any atom is 0.356 e. The Morgan fingerprint density at radius 1 is 1.00 bits per heavy atom. The minimum atomic E-state index is -3.49. The molecule has 116 valence electrons. The molecule has 9 heteroatoms. The third-order valence-electron chi connectivity index (χ3n) is 1.52. The van der Waals surface area contributed by atoms with E-state index in [1.165, 1.54) is 0 Å². The van der Waals surface area contributed by atoms with E-state index in [4.69, 9.17) is 13.8 Å². The summed E-state index contributed by atoms with van der Waals surface area (Å²) in [5, 5.41) is 0. The van der Waals surface area contributed by atoms with Crippen LogP contribution >= 0.6 is 7.60 Å². The van der Waals surface area contributed by atoms with Crippen LogP contribution in [0.15, 0.2) is 0 Å². The molecule has 0 aliphatic heterocycles. The minimum Gasteiger partial charge on any atom is -0.366 e. The van der Waals surface area contributed by atoms with E-state index in [0.29, 0.717) is 0 Å². The molecule has 0 heterocycles. The van der Waals surface area contributed by atoms with Crippen LogP contribution in [0, 0.1) is 0 Å². The average molecular weight is 318 g/mol. The molecule has 0 unspecified atom stereocenters. The highest BCUT2D eigenvalue weighted by atomic mass is 32.2. The van der Waals surface area contributed by atoms with Crippen molar-refractivity contribution in [3.8, 4) is 0 Å². The molecule has 0 atom stereocenters. The fraction of sp³-hybridized carbons (Fsp3) is 1.00. The molecule has 0 fully saturated rings. The summed E-state index contributed by atoms with van der Waals surface area (Å²) >= 11 is 0. The van der Waals surface area contributed by atoms with Gasteiger partial charge in [0.05, 0.1) is 31.7 Å².